The van der Waals surface area contributed by atoms with Crippen molar-refractivity contribution in [2.45, 2.75) is 75.7 Å². The van der Waals surface area contributed by atoms with Crippen LogP contribution in [-0.2, 0) is 18.4 Å². The van der Waals surface area contributed by atoms with Crippen LogP contribution in [0.4, 0.5) is 4.39 Å². The number of hydrogen-bond donors (Lipinski definition) is 1. The second-order valence-corrected chi connectivity index (χ2v) is 15.0. The predicted octanol–water partition coefficient (Wildman–Crippen LogP) is 5.24. The van der Waals surface area contributed by atoms with Crippen molar-refractivity contribution in [2.24, 2.45) is 30.5 Å². The van der Waals surface area contributed by atoms with Gasteiger partial charge >= 0.3 is 0 Å². The van der Waals surface area contributed by atoms with Crippen LogP contribution in [0.3, 0.4) is 0 Å². The van der Waals surface area contributed by atoms with Gasteiger partial charge in [-0.05, 0) is 86.5 Å². The number of rotatable bonds is 7. The smallest absolute Gasteiger partial charge is 0.254 e. The molecule has 10 heteroatoms. The average Bonchev–Trinajstić information content (AvgIpc) is 3.70. The Bertz CT molecular complexity index is 1920. The van der Waals surface area contributed by atoms with Gasteiger partial charge in [0, 0.05) is 49.1 Å². The number of halogens is 1. The van der Waals surface area contributed by atoms with E-state index in [2.05, 4.69) is 33.4 Å². The number of nitrogens with zero attached hydrogens (tertiary/aromatic N) is 5. The molecule has 10 rings (SSSR count). The van der Waals surface area contributed by atoms with E-state index >= 15 is 0 Å². The summed E-state index contributed by atoms with van der Waals surface area (Å²) in [5.41, 5.74) is 12.1. The van der Waals surface area contributed by atoms with Crippen molar-refractivity contribution in [2.75, 3.05) is 26.7 Å². The van der Waals surface area contributed by atoms with Crippen LogP contribution < -0.4 is 10.5 Å². The first-order chi connectivity index (χ1) is 22.8. The predicted molar refractivity (Wildman–Crippen MR) is 178 cm³/mol. The Morgan fingerprint density at radius 3 is 2.51 bits per heavy atom. The molecule has 47 heavy (non-hydrogen) atoms. The number of alkyl halides is 1. The SMILES string of the molecule is COc1cc(C(=O)N2C[C@H]3CC[C@@H]2C[C@@H]3N)cc2nc(-c3cc4cccc(C5CC(C(=O)N6CC(F)C6)C5)c4n3CC3CC3)n(C)c12. The highest BCUT2D eigenvalue weighted by Gasteiger charge is 2.43. The van der Waals surface area contributed by atoms with Gasteiger partial charge in [0.15, 0.2) is 5.82 Å². The number of nitrogens with two attached hydrogens (primary N) is 1. The third-order valence-electron chi connectivity index (χ3n) is 11.9. The van der Waals surface area contributed by atoms with Crippen LogP contribution in [0.1, 0.15) is 66.8 Å². The fourth-order valence-corrected chi connectivity index (χ4v) is 8.94. The number of carbonyl (C=O) groups is 2. The van der Waals surface area contributed by atoms with Crippen molar-refractivity contribution >= 4 is 33.8 Å². The Kier molecular flexibility index (Phi) is 6.72. The number of aromatic nitrogens is 3. The van der Waals surface area contributed by atoms with Crippen molar-refractivity contribution in [1.29, 1.82) is 0 Å². The first-order valence-corrected chi connectivity index (χ1v) is 17.4. The molecule has 2 aromatic carbocycles. The first-order valence-electron chi connectivity index (χ1n) is 17.4. The number of methoxy groups -OCH3 is 1. The fourth-order valence-electron chi connectivity index (χ4n) is 8.94. The molecule has 5 heterocycles. The maximum absolute atomic E-state index is 13.9. The molecule has 6 aliphatic rings. The number of imidazole rings is 1. The lowest BCUT2D eigenvalue weighted by molar-refractivity contribution is -0.146. The van der Waals surface area contributed by atoms with E-state index in [0.717, 1.165) is 61.2 Å². The van der Waals surface area contributed by atoms with E-state index in [0.29, 0.717) is 35.6 Å². The number of fused-ring (bicyclic) bond motifs is 5. The molecule has 9 nitrogen and oxygen atoms in total. The van der Waals surface area contributed by atoms with E-state index in [-0.39, 0.29) is 42.9 Å². The molecule has 0 radical (unpaired) electrons. The standard InChI is InChI=1S/C37H43FN6O3/c1-41-34-30(12-25(14-32(34)47-2)37(46)43-17-22-8-9-27(43)15-29(22)39)40-35(41)31-13-21-4-3-5-28(33(21)44(31)16-20-6-7-20)23-10-24(11-23)36(45)42-18-26(38)19-42/h3-5,12-14,20,22-24,26-27,29H,6-11,15-19,39H2,1-2H3/t22-,23?,24?,27-,29+/m1/s1. The molecule has 4 aromatic rings. The summed E-state index contributed by atoms with van der Waals surface area (Å²) in [6, 6.07) is 12.9. The van der Waals surface area contributed by atoms with Crippen molar-refractivity contribution < 1.29 is 18.7 Å². The number of aryl methyl sites for hydroxylation is 1. The third kappa shape index (κ3) is 4.69. The number of para-hydroxylation sites is 1. The highest BCUT2D eigenvalue weighted by molar-refractivity contribution is 6.00. The van der Waals surface area contributed by atoms with Gasteiger partial charge in [0.2, 0.25) is 5.91 Å². The molecule has 3 saturated carbocycles. The van der Waals surface area contributed by atoms with Gasteiger partial charge in [0.1, 0.15) is 17.4 Å². The van der Waals surface area contributed by atoms with Crippen molar-refractivity contribution in [3.63, 3.8) is 0 Å². The Hall–Kier alpha value is -3.92. The summed E-state index contributed by atoms with van der Waals surface area (Å²) in [5.74, 6) is 2.90. The van der Waals surface area contributed by atoms with Crippen LogP contribution in [0, 0.1) is 17.8 Å². The normalized spacial score (nSPS) is 27.4. The zero-order valence-electron chi connectivity index (χ0n) is 27.2. The van der Waals surface area contributed by atoms with Gasteiger partial charge in [-0.25, -0.2) is 9.37 Å². The largest absolute Gasteiger partial charge is 0.494 e. The summed E-state index contributed by atoms with van der Waals surface area (Å²) in [4.78, 5) is 35.7. The zero-order valence-corrected chi connectivity index (χ0v) is 27.2. The molecule has 2 aromatic heterocycles. The monoisotopic (exact) mass is 638 g/mol. The van der Waals surface area contributed by atoms with Crippen molar-refractivity contribution in [1.82, 2.24) is 23.9 Å². The number of carbonyl (C=O) groups excluding carboxylic acids is 2. The highest BCUT2D eigenvalue weighted by atomic mass is 19.1. The molecule has 246 valence electrons. The summed E-state index contributed by atoms with van der Waals surface area (Å²) in [7, 11) is 3.68. The molecule has 2 bridgehead atoms. The van der Waals surface area contributed by atoms with Gasteiger partial charge in [0.25, 0.3) is 5.91 Å². The highest BCUT2D eigenvalue weighted by Crippen LogP contribution is 2.47. The van der Waals surface area contributed by atoms with Gasteiger partial charge in [-0.1, -0.05) is 18.2 Å². The number of hydrogen-bond acceptors (Lipinski definition) is 5. The van der Waals surface area contributed by atoms with Gasteiger partial charge in [-0.2, -0.15) is 0 Å². The lowest BCUT2D eigenvalue weighted by atomic mass is 9.70. The Balaban J connectivity index is 1.08. The second kappa shape index (κ2) is 10.8. The van der Waals surface area contributed by atoms with Crippen LogP contribution in [0.15, 0.2) is 36.4 Å². The van der Waals surface area contributed by atoms with Crippen molar-refractivity contribution in [3.05, 3.63) is 47.5 Å². The molecule has 3 aliphatic carbocycles. The van der Waals surface area contributed by atoms with E-state index in [9.17, 15) is 14.0 Å². The lowest BCUT2D eigenvalue weighted by Gasteiger charge is -2.48. The molecule has 2 amide bonds. The summed E-state index contributed by atoms with van der Waals surface area (Å²) in [6.45, 7) is 2.12. The number of benzene rings is 2. The summed E-state index contributed by atoms with van der Waals surface area (Å²) < 4.78 is 23.9. The van der Waals surface area contributed by atoms with Gasteiger partial charge in [0.05, 0.1) is 36.9 Å². The minimum atomic E-state index is -0.869. The molecule has 0 unspecified atom stereocenters. The van der Waals surface area contributed by atoms with E-state index < -0.39 is 6.17 Å². The molecule has 6 fully saturated rings. The quantitative estimate of drug-likeness (QED) is 0.299. The van der Waals surface area contributed by atoms with Gasteiger partial charge in [-0.3, -0.25) is 9.59 Å². The molecular formula is C37H43FN6O3. The van der Waals surface area contributed by atoms with Crippen LogP contribution in [-0.4, -0.2) is 80.7 Å². The molecule has 3 saturated heterocycles. The van der Waals surface area contributed by atoms with Gasteiger partial charge < -0.3 is 29.4 Å². The van der Waals surface area contributed by atoms with E-state index in [1.165, 1.54) is 29.3 Å². The Labute approximate surface area is 273 Å². The second-order valence-electron chi connectivity index (χ2n) is 15.0. The molecule has 3 atom stereocenters. The topological polar surface area (TPSA) is 98.6 Å². The lowest BCUT2D eigenvalue weighted by Crippen LogP contribution is -2.58. The number of likely N-dealkylation sites (tertiary alicyclic amines) is 1. The maximum atomic E-state index is 13.9. The summed E-state index contributed by atoms with van der Waals surface area (Å²) in [6.07, 6.45) is 6.16. The van der Waals surface area contributed by atoms with Crippen LogP contribution in [0.5, 0.6) is 5.75 Å². The van der Waals surface area contributed by atoms with Crippen molar-refractivity contribution in [3.8, 4) is 17.3 Å². The van der Waals surface area contributed by atoms with Gasteiger partial charge in [-0.15, -0.1) is 0 Å². The number of ether oxygens (including phenoxy) is 1. The molecular weight excluding hydrogens is 595 g/mol. The average molecular weight is 639 g/mol. The summed E-state index contributed by atoms with van der Waals surface area (Å²) in [5, 5.41) is 1.17. The van der Waals surface area contributed by atoms with E-state index in [1.54, 1.807) is 12.0 Å². The summed E-state index contributed by atoms with van der Waals surface area (Å²) >= 11 is 0. The minimum absolute atomic E-state index is 0.0184. The first kappa shape index (κ1) is 29.2. The third-order valence-corrected chi connectivity index (χ3v) is 11.9. The van der Waals surface area contributed by atoms with E-state index in [1.807, 2.05) is 24.1 Å². The molecule has 2 N–H and O–H groups in total. The zero-order chi connectivity index (χ0) is 32.1. The van der Waals surface area contributed by atoms with E-state index in [4.69, 9.17) is 15.5 Å². The van der Waals surface area contributed by atoms with Crippen LogP contribution in [0.2, 0.25) is 0 Å². The number of piperidine rings is 2. The Morgan fingerprint density at radius 2 is 1.83 bits per heavy atom. The number of amides is 2. The fraction of sp³-hybridized carbons (Fsp3) is 0.541. The minimum Gasteiger partial charge on any atom is -0.494 e. The van der Waals surface area contributed by atoms with Crippen LogP contribution >= 0.6 is 0 Å². The van der Waals surface area contributed by atoms with Crippen LogP contribution in [0.25, 0.3) is 33.5 Å². The Morgan fingerprint density at radius 1 is 1.02 bits per heavy atom. The molecule has 0 spiro atoms. The molecule has 3 aliphatic heterocycles. The maximum Gasteiger partial charge on any atom is 0.254 e.